The van der Waals surface area contributed by atoms with Crippen LogP contribution >= 0.6 is 0 Å². The van der Waals surface area contributed by atoms with Crippen LogP contribution in [0, 0.1) is 5.82 Å². The van der Waals surface area contributed by atoms with Crippen LogP contribution in [-0.2, 0) is 4.74 Å². The minimum Gasteiger partial charge on any atom is -0.378 e. The lowest BCUT2D eigenvalue weighted by Crippen LogP contribution is -3.15. The molecule has 2 aromatic carbocycles. The van der Waals surface area contributed by atoms with E-state index >= 15 is 0 Å². The molecule has 1 amide bonds. The molecule has 1 heterocycles. The van der Waals surface area contributed by atoms with E-state index in [4.69, 9.17) is 4.74 Å². The van der Waals surface area contributed by atoms with Gasteiger partial charge < -0.3 is 19.9 Å². The van der Waals surface area contributed by atoms with Crippen LogP contribution in [0.3, 0.4) is 0 Å². The van der Waals surface area contributed by atoms with E-state index < -0.39 is 5.82 Å². The van der Waals surface area contributed by atoms with Crippen LogP contribution < -0.4 is 15.1 Å². The highest BCUT2D eigenvalue weighted by Crippen LogP contribution is 2.17. The van der Waals surface area contributed by atoms with E-state index in [0.29, 0.717) is 19.8 Å². The molecule has 1 aliphatic rings. The summed E-state index contributed by atoms with van der Waals surface area (Å²) in [5.74, 6) is -0.878. The van der Waals surface area contributed by atoms with Crippen LogP contribution in [0.15, 0.2) is 48.5 Å². The number of morpholine rings is 1. The number of ether oxygens (including phenoxy) is 1. The number of nitrogens with one attached hydrogen (secondary N) is 2. The molecule has 0 unspecified atom stereocenters. The fourth-order valence-electron chi connectivity index (χ4n) is 3.42. The fraction of sp³-hybridized carbons (Fsp3) is 0.381. The Bertz CT molecular complexity index is 758. The molecule has 1 saturated heterocycles. The Morgan fingerprint density at radius 2 is 1.81 bits per heavy atom. The molecule has 2 aromatic rings. The van der Waals surface area contributed by atoms with Crippen molar-refractivity contribution >= 4 is 11.6 Å². The lowest BCUT2D eigenvalue weighted by atomic mass is 10.0. The number of carbonyl (C=O) groups excluding carboxylic acids is 1. The minimum absolute atomic E-state index is 0.0798. The van der Waals surface area contributed by atoms with Crippen molar-refractivity contribution in [1.29, 1.82) is 0 Å². The third-order valence-corrected chi connectivity index (χ3v) is 5.02. The normalized spacial score (nSPS) is 16.0. The molecule has 6 heteroatoms. The van der Waals surface area contributed by atoms with E-state index in [9.17, 15) is 9.18 Å². The second-order valence-corrected chi connectivity index (χ2v) is 7.00. The molecule has 1 aliphatic heterocycles. The predicted molar refractivity (Wildman–Crippen MR) is 104 cm³/mol. The molecule has 144 valence electrons. The molecule has 1 fully saturated rings. The molecule has 0 spiro atoms. The van der Waals surface area contributed by atoms with E-state index in [0.717, 1.165) is 24.3 Å². The zero-order valence-corrected chi connectivity index (χ0v) is 15.9. The van der Waals surface area contributed by atoms with Gasteiger partial charge in [0, 0.05) is 25.3 Å². The molecule has 2 N–H and O–H groups in total. The zero-order valence-electron chi connectivity index (χ0n) is 15.9. The number of anilines is 1. The molecule has 0 aliphatic carbocycles. The van der Waals surface area contributed by atoms with E-state index in [1.165, 1.54) is 17.0 Å². The monoisotopic (exact) mass is 372 g/mol. The standard InChI is InChI=1S/C21H26FN3O2/c1-24(2)17-9-7-16(8-10-17)20(25-11-13-27-14-12-25)15-23-21(26)18-5-3-4-6-19(18)22/h3-10,20H,11-15H2,1-2H3,(H,23,26)/p+1/t20-/m1/s1. The Morgan fingerprint density at radius 3 is 2.44 bits per heavy atom. The summed E-state index contributed by atoms with van der Waals surface area (Å²) < 4.78 is 19.4. The molecule has 0 bridgehead atoms. The van der Waals surface area contributed by atoms with Crippen LogP contribution in [0.25, 0.3) is 0 Å². The smallest absolute Gasteiger partial charge is 0.254 e. The summed E-state index contributed by atoms with van der Waals surface area (Å²) in [7, 11) is 4.02. The van der Waals surface area contributed by atoms with Crippen LogP contribution in [0.2, 0.25) is 0 Å². The first-order valence-electron chi connectivity index (χ1n) is 9.28. The van der Waals surface area contributed by atoms with Crippen molar-refractivity contribution in [3.05, 3.63) is 65.5 Å². The predicted octanol–water partition coefficient (Wildman–Crippen LogP) is 1.28. The first kappa shape index (κ1) is 19.3. The molecule has 3 rings (SSSR count). The van der Waals surface area contributed by atoms with Crippen LogP contribution in [-0.4, -0.2) is 52.9 Å². The van der Waals surface area contributed by atoms with E-state index in [-0.39, 0.29) is 17.5 Å². The number of nitrogens with zero attached hydrogens (tertiary/aromatic N) is 1. The van der Waals surface area contributed by atoms with E-state index in [2.05, 4.69) is 34.5 Å². The molecular formula is C21H27FN3O2+. The number of rotatable bonds is 6. The number of hydrogen-bond donors (Lipinski definition) is 2. The maximum Gasteiger partial charge on any atom is 0.254 e. The number of benzene rings is 2. The summed E-state index contributed by atoms with van der Waals surface area (Å²) >= 11 is 0. The minimum atomic E-state index is -0.499. The van der Waals surface area contributed by atoms with Crippen LogP contribution in [0.5, 0.6) is 0 Å². The van der Waals surface area contributed by atoms with Crippen LogP contribution in [0.1, 0.15) is 22.0 Å². The van der Waals surface area contributed by atoms with Gasteiger partial charge >= 0.3 is 0 Å². The maximum atomic E-state index is 13.9. The fourth-order valence-corrected chi connectivity index (χ4v) is 3.42. The van der Waals surface area contributed by atoms with Crippen molar-refractivity contribution in [2.45, 2.75) is 6.04 Å². The number of halogens is 1. The molecule has 0 saturated carbocycles. The van der Waals surface area contributed by atoms with Gasteiger partial charge in [0.15, 0.2) is 0 Å². The van der Waals surface area contributed by atoms with Crippen molar-refractivity contribution in [1.82, 2.24) is 5.32 Å². The second-order valence-electron chi connectivity index (χ2n) is 7.00. The van der Waals surface area contributed by atoms with Crippen LogP contribution in [0.4, 0.5) is 10.1 Å². The first-order chi connectivity index (χ1) is 13.1. The molecule has 0 aromatic heterocycles. The Balaban J connectivity index is 1.75. The Morgan fingerprint density at radius 1 is 1.15 bits per heavy atom. The maximum absolute atomic E-state index is 13.9. The van der Waals surface area contributed by atoms with Gasteiger partial charge in [0.2, 0.25) is 0 Å². The van der Waals surface area contributed by atoms with Crippen molar-refractivity contribution < 1.29 is 18.8 Å². The molecule has 27 heavy (non-hydrogen) atoms. The summed E-state index contributed by atoms with van der Waals surface area (Å²) in [6.45, 7) is 3.64. The highest BCUT2D eigenvalue weighted by molar-refractivity contribution is 5.94. The summed E-state index contributed by atoms with van der Waals surface area (Å²) in [4.78, 5) is 15.9. The third-order valence-electron chi connectivity index (χ3n) is 5.02. The highest BCUT2D eigenvalue weighted by atomic mass is 19.1. The van der Waals surface area contributed by atoms with Gasteiger partial charge in [-0.25, -0.2) is 4.39 Å². The SMILES string of the molecule is CN(C)c1ccc([C@@H](CNC(=O)c2ccccc2F)[NH+]2CCOCC2)cc1. The van der Waals surface area contributed by atoms with Crippen molar-refractivity contribution in [2.75, 3.05) is 51.8 Å². The second kappa shape index (κ2) is 8.97. The van der Waals surface area contributed by atoms with Gasteiger partial charge in [-0.2, -0.15) is 0 Å². The summed E-state index contributed by atoms with van der Waals surface area (Å²) in [6.07, 6.45) is 0. The first-order valence-corrected chi connectivity index (χ1v) is 9.28. The molecular weight excluding hydrogens is 345 g/mol. The number of amides is 1. The Kier molecular flexibility index (Phi) is 6.42. The highest BCUT2D eigenvalue weighted by Gasteiger charge is 2.27. The summed E-state index contributed by atoms with van der Waals surface area (Å²) in [5, 5.41) is 2.92. The number of hydrogen-bond acceptors (Lipinski definition) is 3. The molecule has 5 nitrogen and oxygen atoms in total. The Labute approximate surface area is 159 Å². The summed E-state index contributed by atoms with van der Waals surface area (Å²) in [5.41, 5.74) is 2.37. The lowest BCUT2D eigenvalue weighted by molar-refractivity contribution is -0.937. The number of carbonyl (C=O) groups is 1. The van der Waals surface area contributed by atoms with Gasteiger partial charge in [0.05, 0.1) is 25.3 Å². The lowest BCUT2D eigenvalue weighted by Gasteiger charge is -2.32. The van der Waals surface area contributed by atoms with Gasteiger partial charge in [0.1, 0.15) is 24.9 Å². The third kappa shape index (κ3) is 4.84. The Hall–Kier alpha value is -2.44. The largest absolute Gasteiger partial charge is 0.378 e. The average molecular weight is 372 g/mol. The topological polar surface area (TPSA) is 46.0 Å². The molecule has 1 atom stereocenters. The van der Waals surface area contributed by atoms with Gasteiger partial charge in [-0.1, -0.05) is 24.3 Å². The van der Waals surface area contributed by atoms with E-state index in [1.807, 2.05) is 14.1 Å². The van der Waals surface area contributed by atoms with Gasteiger partial charge in [-0.05, 0) is 24.3 Å². The van der Waals surface area contributed by atoms with Crippen molar-refractivity contribution in [2.24, 2.45) is 0 Å². The van der Waals surface area contributed by atoms with Crippen molar-refractivity contribution in [3.8, 4) is 0 Å². The van der Waals surface area contributed by atoms with Gasteiger partial charge in [-0.15, -0.1) is 0 Å². The average Bonchev–Trinajstić information content (AvgIpc) is 2.69. The van der Waals surface area contributed by atoms with Crippen molar-refractivity contribution in [3.63, 3.8) is 0 Å². The van der Waals surface area contributed by atoms with Gasteiger partial charge in [-0.3, -0.25) is 4.79 Å². The zero-order chi connectivity index (χ0) is 19.2. The quantitative estimate of drug-likeness (QED) is 0.803. The molecule has 0 radical (unpaired) electrons. The van der Waals surface area contributed by atoms with Gasteiger partial charge in [0.25, 0.3) is 5.91 Å². The summed E-state index contributed by atoms with van der Waals surface area (Å²) in [6, 6.07) is 14.5. The number of quaternary nitrogens is 1. The van der Waals surface area contributed by atoms with E-state index in [1.54, 1.807) is 12.1 Å².